The van der Waals surface area contributed by atoms with E-state index in [4.69, 9.17) is 21.1 Å². The van der Waals surface area contributed by atoms with Gasteiger partial charge in [-0.3, -0.25) is 9.10 Å². The van der Waals surface area contributed by atoms with Crippen LogP contribution in [0.15, 0.2) is 36.4 Å². The number of methoxy groups -OCH3 is 2. The normalized spacial score (nSPS) is 15.4. The lowest BCUT2D eigenvalue weighted by molar-refractivity contribution is 0.102. The van der Waals surface area contributed by atoms with Gasteiger partial charge in [0.1, 0.15) is 11.5 Å². The summed E-state index contributed by atoms with van der Waals surface area (Å²) in [6.45, 7) is 0.412. The van der Waals surface area contributed by atoms with Crippen molar-refractivity contribution in [1.29, 1.82) is 0 Å². The monoisotopic (exact) mass is 410 g/mol. The molecule has 7 nitrogen and oxygen atoms in total. The number of sulfonamides is 1. The van der Waals surface area contributed by atoms with Crippen LogP contribution in [0, 0.1) is 0 Å². The van der Waals surface area contributed by atoms with Crippen molar-refractivity contribution in [2.24, 2.45) is 0 Å². The average molecular weight is 411 g/mol. The van der Waals surface area contributed by atoms with E-state index in [2.05, 4.69) is 5.32 Å². The van der Waals surface area contributed by atoms with Crippen LogP contribution in [0.2, 0.25) is 5.02 Å². The summed E-state index contributed by atoms with van der Waals surface area (Å²) in [7, 11) is -0.379. The molecular weight excluding hydrogens is 392 g/mol. The number of carbonyl (C=O) groups excluding carboxylic acids is 1. The molecule has 3 rings (SSSR count). The van der Waals surface area contributed by atoms with Gasteiger partial charge in [0.2, 0.25) is 10.0 Å². The van der Waals surface area contributed by atoms with Crippen molar-refractivity contribution in [2.45, 2.75) is 6.42 Å². The molecule has 1 aliphatic rings. The number of benzene rings is 2. The second-order valence-corrected chi connectivity index (χ2v) is 8.35. The third kappa shape index (κ3) is 3.96. The van der Waals surface area contributed by atoms with Crippen molar-refractivity contribution in [1.82, 2.24) is 0 Å². The molecule has 0 aliphatic carbocycles. The number of rotatable bonds is 5. The highest BCUT2D eigenvalue weighted by Crippen LogP contribution is 2.36. The first-order chi connectivity index (χ1) is 12.9. The standard InChI is InChI=1S/C18H19ClN2O5S/c1-25-16-11-15(17(26-2)10-14(16)19)20-18(22)12-5-3-6-13(9-12)21-7-4-8-27(21,23)24/h3,5-6,9-11H,4,7-8H2,1-2H3,(H,20,22). The Morgan fingerprint density at radius 3 is 2.52 bits per heavy atom. The van der Waals surface area contributed by atoms with Crippen LogP contribution in [0.25, 0.3) is 0 Å². The van der Waals surface area contributed by atoms with Crippen molar-refractivity contribution < 1.29 is 22.7 Å². The Morgan fingerprint density at radius 2 is 1.89 bits per heavy atom. The average Bonchev–Trinajstić information content (AvgIpc) is 3.01. The van der Waals surface area contributed by atoms with E-state index in [9.17, 15) is 13.2 Å². The van der Waals surface area contributed by atoms with Gasteiger partial charge in [-0.25, -0.2) is 8.42 Å². The zero-order valence-corrected chi connectivity index (χ0v) is 16.4. The number of hydrogen-bond acceptors (Lipinski definition) is 5. The fourth-order valence-electron chi connectivity index (χ4n) is 2.88. The number of halogens is 1. The maximum atomic E-state index is 12.7. The van der Waals surface area contributed by atoms with E-state index in [1.54, 1.807) is 36.4 Å². The van der Waals surface area contributed by atoms with Gasteiger partial charge >= 0.3 is 0 Å². The Kier molecular flexibility index (Phi) is 5.48. The molecule has 1 fully saturated rings. The summed E-state index contributed by atoms with van der Waals surface area (Å²) in [5, 5.41) is 3.10. The minimum Gasteiger partial charge on any atom is -0.495 e. The quantitative estimate of drug-likeness (QED) is 0.818. The first-order valence-electron chi connectivity index (χ1n) is 8.19. The number of nitrogens with one attached hydrogen (secondary N) is 1. The number of carbonyl (C=O) groups is 1. The van der Waals surface area contributed by atoms with E-state index in [-0.39, 0.29) is 5.75 Å². The van der Waals surface area contributed by atoms with E-state index in [1.165, 1.54) is 18.5 Å². The molecule has 1 aliphatic heterocycles. The second-order valence-electron chi connectivity index (χ2n) is 5.93. The fourth-order valence-corrected chi connectivity index (χ4v) is 4.67. The molecule has 27 heavy (non-hydrogen) atoms. The summed E-state index contributed by atoms with van der Waals surface area (Å²) in [6.07, 6.45) is 0.570. The number of amides is 1. The molecule has 144 valence electrons. The van der Waals surface area contributed by atoms with Gasteiger partial charge in [0.05, 0.1) is 36.4 Å². The molecule has 0 bridgehead atoms. The van der Waals surface area contributed by atoms with Gasteiger partial charge in [0.25, 0.3) is 5.91 Å². The van der Waals surface area contributed by atoms with Gasteiger partial charge in [-0.15, -0.1) is 0 Å². The molecule has 1 heterocycles. The first-order valence-corrected chi connectivity index (χ1v) is 10.2. The van der Waals surface area contributed by atoms with Gasteiger partial charge in [0, 0.05) is 24.2 Å². The zero-order chi connectivity index (χ0) is 19.6. The number of anilines is 2. The summed E-state index contributed by atoms with van der Waals surface area (Å²) in [5.41, 5.74) is 1.19. The molecular formula is C18H19ClN2O5S. The highest BCUT2D eigenvalue weighted by Gasteiger charge is 2.28. The molecule has 0 radical (unpaired) electrons. The fraction of sp³-hybridized carbons (Fsp3) is 0.278. The summed E-state index contributed by atoms with van der Waals surface area (Å²) in [4.78, 5) is 12.7. The summed E-state index contributed by atoms with van der Waals surface area (Å²) in [6, 6.07) is 9.60. The van der Waals surface area contributed by atoms with Crippen LogP contribution in [-0.4, -0.2) is 40.8 Å². The SMILES string of the molecule is COc1cc(NC(=O)c2cccc(N3CCCS3(=O)=O)c2)c(OC)cc1Cl. The lowest BCUT2D eigenvalue weighted by Crippen LogP contribution is -2.25. The highest BCUT2D eigenvalue weighted by molar-refractivity contribution is 7.93. The molecule has 1 saturated heterocycles. The van der Waals surface area contributed by atoms with Crippen molar-refractivity contribution >= 4 is 38.9 Å². The molecule has 1 N–H and O–H groups in total. The minimum atomic E-state index is -3.32. The Bertz CT molecular complexity index is 978. The lowest BCUT2D eigenvalue weighted by Gasteiger charge is -2.18. The van der Waals surface area contributed by atoms with Gasteiger partial charge < -0.3 is 14.8 Å². The van der Waals surface area contributed by atoms with Crippen LogP contribution in [0.1, 0.15) is 16.8 Å². The highest BCUT2D eigenvalue weighted by atomic mass is 35.5. The van der Waals surface area contributed by atoms with Gasteiger partial charge in [-0.05, 0) is 24.6 Å². The minimum absolute atomic E-state index is 0.116. The number of ether oxygens (including phenoxy) is 2. The third-order valence-electron chi connectivity index (χ3n) is 4.22. The van der Waals surface area contributed by atoms with Crippen molar-refractivity contribution in [2.75, 3.05) is 36.1 Å². The van der Waals surface area contributed by atoms with Crippen LogP contribution in [0.3, 0.4) is 0 Å². The Morgan fingerprint density at radius 1 is 1.15 bits per heavy atom. The van der Waals surface area contributed by atoms with Crippen molar-refractivity contribution in [3.63, 3.8) is 0 Å². The predicted molar refractivity (Wildman–Crippen MR) is 105 cm³/mol. The summed E-state index contributed by atoms with van der Waals surface area (Å²) < 4.78 is 36.0. The van der Waals surface area contributed by atoms with Crippen LogP contribution < -0.4 is 19.1 Å². The maximum Gasteiger partial charge on any atom is 0.255 e. The summed E-state index contributed by atoms with van der Waals surface area (Å²) in [5.74, 6) is 0.485. The van der Waals surface area contributed by atoms with E-state index in [1.807, 2.05) is 0 Å². The van der Waals surface area contributed by atoms with E-state index < -0.39 is 15.9 Å². The van der Waals surface area contributed by atoms with E-state index >= 15 is 0 Å². The number of hydrogen-bond donors (Lipinski definition) is 1. The molecule has 0 unspecified atom stereocenters. The molecule has 2 aromatic rings. The molecule has 2 aromatic carbocycles. The molecule has 1 amide bonds. The molecule has 0 atom stereocenters. The molecule has 9 heteroatoms. The van der Waals surface area contributed by atoms with Gasteiger partial charge in [0.15, 0.2) is 0 Å². The summed E-state index contributed by atoms with van der Waals surface area (Å²) >= 11 is 6.07. The molecule has 0 saturated carbocycles. The smallest absolute Gasteiger partial charge is 0.255 e. The maximum absolute atomic E-state index is 12.7. The molecule has 0 spiro atoms. The van der Waals surface area contributed by atoms with E-state index in [0.29, 0.717) is 46.4 Å². The van der Waals surface area contributed by atoms with E-state index in [0.717, 1.165) is 0 Å². The van der Waals surface area contributed by atoms with Crippen molar-refractivity contribution in [3.05, 3.63) is 47.0 Å². The van der Waals surface area contributed by atoms with Gasteiger partial charge in [-0.1, -0.05) is 17.7 Å². The third-order valence-corrected chi connectivity index (χ3v) is 6.38. The first kappa shape index (κ1) is 19.3. The van der Waals surface area contributed by atoms with Crippen LogP contribution >= 0.6 is 11.6 Å². The topological polar surface area (TPSA) is 84.9 Å². The molecule has 0 aromatic heterocycles. The second kappa shape index (κ2) is 7.66. The Balaban J connectivity index is 1.88. The zero-order valence-electron chi connectivity index (χ0n) is 14.9. The Labute approximate surface area is 162 Å². The Hall–Kier alpha value is -2.45. The van der Waals surface area contributed by atoms with Crippen LogP contribution in [-0.2, 0) is 10.0 Å². The lowest BCUT2D eigenvalue weighted by atomic mass is 10.1. The van der Waals surface area contributed by atoms with Gasteiger partial charge in [-0.2, -0.15) is 0 Å². The van der Waals surface area contributed by atoms with Crippen LogP contribution in [0.5, 0.6) is 11.5 Å². The number of nitrogens with zero attached hydrogens (tertiary/aromatic N) is 1. The van der Waals surface area contributed by atoms with Crippen LogP contribution in [0.4, 0.5) is 11.4 Å². The predicted octanol–water partition coefficient (Wildman–Crippen LogP) is 3.15. The van der Waals surface area contributed by atoms with Crippen molar-refractivity contribution in [3.8, 4) is 11.5 Å². The largest absolute Gasteiger partial charge is 0.495 e.